The molecule has 1 aliphatic carbocycles. The van der Waals surface area contributed by atoms with Gasteiger partial charge in [0.2, 0.25) is 5.91 Å². The number of hydrogen-bond acceptors (Lipinski definition) is 9. The fraction of sp³-hybridized carbons (Fsp3) is 0.696. The highest BCUT2D eigenvalue weighted by atomic mass is 16.7. The second-order valence-electron chi connectivity index (χ2n) is 19.0. The molecular formula is C46H75N5O6. The van der Waals surface area contributed by atoms with Crippen molar-refractivity contribution in [2.75, 3.05) is 52.8 Å². The molecule has 0 spiro atoms. The lowest BCUT2D eigenvalue weighted by atomic mass is 9.58. The van der Waals surface area contributed by atoms with Crippen molar-refractivity contribution in [1.82, 2.24) is 20.6 Å². The Morgan fingerprint density at radius 2 is 1.70 bits per heavy atom. The fourth-order valence-electron chi connectivity index (χ4n) is 9.28. The zero-order valence-corrected chi connectivity index (χ0v) is 37.4. The van der Waals surface area contributed by atoms with E-state index in [1.54, 1.807) is 19.1 Å². The van der Waals surface area contributed by atoms with Gasteiger partial charge < -0.3 is 35.4 Å². The van der Waals surface area contributed by atoms with E-state index in [4.69, 9.17) is 9.57 Å². The van der Waals surface area contributed by atoms with Crippen molar-refractivity contribution in [2.45, 2.75) is 119 Å². The van der Waals surface area contributed by atoms with E-state index in [1.807, 2.05) is 51.5 Å². The molecule has 2 aromatic rings. The zero-order chi connectivity index (χ0) is 42.5. The maximum absolute atomic E-state index is 14.4. The van der Waals surface area contributed by atoms with Crippen molar-refractivity contribution >= 4 is 17.5 Å². The molecule has 4 N–H and O–H groups in total. The van der Waals surface area contributed by atoms with Gasteiger partial charge in [0.1, 0.15) is 17.9 Å². The number of methoxy groups -OCH3 is 1. The Morgan fingerprint density at radius 3 is 2.28 bits per heavy atom. The standard InChI is InChI=1S/C46H75N5O6/c1-27(2)18-36(25-49(11)12)47-44(54)35-20-34(21-37(22-35)50(13)23-28(3)4)38-17-15-16-33(43(38)56-14)24-51-42(41(32(8)53)40(26-52)57-51)45(55)48-39-19-29(5)46(9,10)31(7)30(39)6/h15-17,20-22,27-32,36,39-42,52-53H,18-19,23-26H2,1-14H3,(H,47,54)(H,48,55)/t29-,30+,31+,32+,36+,39+,40+,41-,42+/m1/s1. The second kappa shape index (κ2) is 19.7. The van der Waals surface area contributed by atoms with Gasteiger partial charge in [-0.3, -0.25) is 14.4 Å². The predicted octanol–water partition coefficient (Wildman–Crippen LogP) is 6.46. The first kappa shape index (κ1) is 46.5. The molecule has 0 aromatic heterocycles. The molecule has 57 heavy (non-hydrogen) atoms. The summed E-state index contributed by atoms with van der Waals surface area (Å²) in [6.07, 6.45) is 0.0393. The summed E-state index contributed by atoms with van der Waals surface area (Å²) >= 11 is 0. The van der Waals surface area contributed by atoms with Crippen molar-refractivity contribution < 1.29 is 29.4 Å². The van der Waals surface area contributed by atoms with Crippen LogP contribution in [-0.2, 0) is 16.2 Å². The van der Waals surface area contributed by atoms with E-state index in [0.717, 1.165) is 48.3 Å². The van der Waals surface area contributed by atoms with Crippen LogP contribution in [0.15, 0.2) is 36.4 Å². The number of aliphatic hydroxyl groups is 2. The molecule has 11 nitrogen and oxygen atoms in total. The summed E-state index contributed by atoms with van der Waals surface area (Å²) in [6, 6.07) is 11.0. The lowest BCUT2D eigenvalue weighted by Crippen LogP contribution is -2.56. The maximum atomic E-state index is 14.4. The molecule has 2 aromatic carbocycles. The highest BCUT2D eigenvalue weighted by Gasteiger charge is 2.51. The molecule has 0 bridgehead atoms. The lowest BCUT2D eigenvalue weighted by Gasteiger charge is -2.50. The number of aliphatic hydroxyl groups excluding tert-OH is 2. The van der Waals surface area contributed by atoms with Crippen LogP contribution >= 0.6 is 0 Å². The van der Waals surface area contributed by atoms with Gasteiger partial charge in [0.05, 0.1) is 26.4 Å². The lowest BCUT2D eigenvalue weighted by molar-refractivity contribution is -0.182. The SMILES string of the molecule is COc1c(CN2O[C@@H](CO)[C@@H]([C@H](C)O)[C@H]2C(=O)N[C@H]2C[C@@H](C)C(C)(C)[C@@H](C)[C@@H]2C)cccc1-c1cc(C(=O)N[C@@H](CC(C)C)CN(C)C)cc(N(C)CC(C)C)c1. The number of carbonyl (C=O) groups is 2. The monoisotopic (exact) mass is 794 g/mol. The molecule has 320 valence electrons. The molecule has 4 rings (SSSR count). The number of amides is 2. The van der Waals surface area contributed by atoms with Gasteiger partial charge in [-0.15, -0.1) is 0 Å². The van der Waals surface area contributed by atoms with Crippen LogP contribution in [0.25, 0.3) is 11.1 Å². The molecule has 1 saturated carbocycles. The van der Waals surface area contributed by atoms with Crippen LogP contribution in [0, 0.1) is 40.9 Å². The Kier molecular flexibility index (Phi) is 16.1. The number of nitrogens with one attached hydrogen (secondary N) is 2. The number of ether oxygens (including phenoxy) is 1. The summed E-state index contributed by atoms with van der Waals surface area (Å²) in [4.78, 5) is 39.1. The molecule has 9 atom stereocenters. The van der Waals surface area contributed by atoms with Crippen LogP contribution in [0.5, 0.6) is 5.75 Å². The van der Waals surface area contributed by atoms with Crippen molar-refractivity contribution in [1.29, 1.82) is 0 Å². The number of anilines is 1. The summed E-state index contributed by atoms with van der Waals surface area (Å²) in [5, 5.41) is 29.8. The quantitative estimate of drug-likeness (QED) is 0.143. The van der Waals surface area contributed by atoms with Crippen molar-refractivity contribution in [3.8, 4) is 16.9 Å². The highest BCUT2D eigenvalue weighted by molar-refractivity contribution is 5.97. The molecular weight excluding hydrogens is 719 g/mol. The van der Waals surface area contributed by atoms with E-state index in [-0.39, 0.29) is 48.4 Å². The topological polar surface area (TPSA) is 127 Å². The van der Waals surface area contributed by atoms with E-state index in [0.29, 0.717) is 35.0 Å². The number of para-hydroxylation sites is 1. The Morgan fingerprint density at radius 1 is 1.02 bits per heavy atom. The van der Waals surface area contributed by atoms with Crippen molar-refractivity contribution in [3.63, 3.8) is 0 Å². The van der Waals surface area contributed by atoms with Crippen LogP contribution in [0.4, 0.5) is 5.69 Å². The van der Waals surface area contributed by atoms with Crippen LogP contribution in [0.1, 0.15) is 98.0 Å². The predicted molar refractivity (Wildman–Crippen MR) is 230 cm³/mol. The summed E-state index contributed by atoms with van der Waals surface area (Å²) in [7, 11) is 7.71. The van der Waals surface area contributed by atoms with Gasteiger partial charge in [0.25, 0.3) is 5.91 Å². The summed E-state index contributed by atoms with van der Waals surface area (Å²) in [5.41, 5.74) is 4.01. The van der Waals surface area contributed by atoms with Crippen LogP contribution < -0.4 is 20.3 Å². The minimum absolute atomic E-state index is 0.00958. The maximum Gasteiger partial charge on any atom is 0.251 e. The Hall–Kier alpha value is -3.22. The summed E-state index contributed by atoms with van der Waals surface area (Å²) in [5.74, 6) is 1.47. The number of likely N-dealkylation sites (N-methyl/N-ethyl adjacent to an activating group) is 1. The van der Waals surface area contributed by atoms with Gasteiger partial charge in [-0.2, -0.15) is 5.06 Å². The smallest absolute Gasteiger partial charge is 0.251 e. The van der Waals surface area contributed by atoms with E-state index < -0.39 is 24.2 Å². The Bertz CT molecular complexity index is 1630. The number of nitrogens with zero attached hydrogens (tertiary/aromatic N) is 3. The average Bonchev–Trinajstić information content (AvgIpc) is 3.50. The second-order valence-corrected chi connectivity index (χ2v) is 19.0. The summed E-state index contributed by atoms with van der Waals surface area (Å²) < 4.78 is 6.16. The number of rotatable bonds is 17. The van der Waals surface area contributed by atoms with Gasteiger partial charge in [-0.1, -0.05) is 80.5 Å². The summed E-state index contributed by atoms with van der Waals surface area (Å²) in [6.45, 7) is 23.1. The third-order valence-corrected chi connectivity index (χ3v) is 13.1. The van der Waals surface area contributed by atoms with E-state index in [9.17, 15) is 19.8 Å². The fourth-order valence-corrected chi connectivity index (χ4v) is 9.28. The minimum Gasteiger partial charge on any atom is -0.496 e. The first-order valence-corrected chi connectivity index (χ1v) is 21.2. The molecule has 1 aliphatic heterocycles. The van der Waals surface area contributed by atoms with Gasteiger partial charge >= 0.3 is 0 Å². The number of hydrogen-bond donors (Lipinski definition) is 4. The minimum atomic E-state index is -0.912. The molecule has 1 heterocycles. The van der Waals surface area contributed by atoms with E-state index in [2.05, 4.69) is 88.8 Å². The molecule has 0 unspecified atom stereocenters. The molecule has 1 saturated heterocycles. The van der Waals surface area contributed by atoms with Crippen molar-refractivity contribution in [2.24, 2.45) is 40.9 Å². The normalized spacial score (nSPS) is 26.1. The molecule has 11 heteroatoms. The highest BCUT2D eigenvalue weighted by Crippen LogP contribution is 2.48. The molecule has 2 fully saturated rings. The van der Waals surface area contributed by atoms with Gasteiger partial charge in [-0.05, 0) is 92.6 Å². The molecule has 0 radical (unpaired) electrons. The number of carbonyl (C=O) groups excluding carboxylic acids is 2. The van der Waals surface area contributed by atoms with Crippen LogP contribution in [0.2, 0.25) is 0 Å². The third-order valence-electron chi connectivity index (χ3n) is 13.1. The zero-order valence-electron chi connectivity index (χ0n) is 37.4. The number of hydroxylamine groups is 2. The average molecular weight is 794 g/mol. The van der Waals surface area contributed by atoms with Crippen LogP contribution in [-0.4, -0.2) is 110 Å². The van der Waals surface area contributed by atoms with E-state index >= 15 is 0 Å². The first-order chi connectivity index (χ1) is 26.7. The number of benzene rings is 2. The van der Waals surface area contributed by atoms with Gasteiger partial charge in [-0.25, -0.2) is 0 Å². The Labute approximate surface area is 343 Å². The van der Waals surface area contributed by atoms with Crippen molar-refractivity contribution in [3.05, 3.63) is 47.5 Å². The van der Waals surface area contributed by atoms with E-state index in [1.165, 1.54) is 0 Å². The Balaban J connectivity index is 1.73. The molecule has 2 aliphatic rings. The third kappa shape index (κ3) is 11.1. The molecule has 2 amide bonds. The van der Waals surface area contributed by atoms with Gasteiger partial charge in [0, 0.05) is 60.5 Å². The largest absolute Gasteiger partial charge is 0.496 e. The first-order valence-electron chi connectivity index (χ1n) is 21.2. The van der Waals surface area contributed by atoms with Crippen LogP contribution in [0.3, 0.4) is 0 Å². The van der Waals surface area contributed by atoms with Gasteiger partial charge in [0.15, 0.2) is 0 Å².